The number of benzene rings is 1. The Hall–Kier alpha value is -0.970. The minimum absolute atomic E-state index is 0. The fourth-order valence-electron chi connectivity index (χ4n) is 2.40. The molecule has 1 saturated heterocycles. The first-order valence-electron chi connectivity index (χ1n) is 6.39. The Bertz CT molecular complexity index is 401. The standard InChI is InChI=1S/C14H22N2O2.ClH/c1-11-9-16(7-6-15-11)10-12-8-13(17-2)4-5-14(12)18-3;/h4-5,8,11,15H,6-7,9-10H2,1-3H3;1H/t11-;/m1./s1. The summed E-state index contributed by atoms with van der Waals surface area (Å²) in [5.41, 5.74) is 1.19. The van der Waals surface area contributed by atoms with Crippen LogP contribution >= 0.6 is 12.4 Å². The van der Waals surface area contributed by atoms with E-state index in [0.717, 1.165) is 37.7 Å². The Morgan fingerprint density at radius 1 is 1.32 bits per heavy atom. The van der Waals surface area contributed by atoms with Crippen LogP contribution in [-0.2, 0) is 6.54 Å². The molecule has 1 aromatic carbocycles. The number of hydrogen-bond donors (Lipinski definition) is 1. The molecule has 2 rings (SSSR count). The second kappa shape index (κ2) is 7.58. The number of nitrogens with one attached hydrogen (secondary N) is 1. The molecule has 0 spiro atoms. The number of methoxy groups -OCH3 is 2. The fourth-order valence-corrected chi connectivity index (χ4v) is 2.40. The summed E-state index contributed by atoms with van der Waals surface area (Å²) in [4.78, 5) is 2.44. The van der Waals surface area contributed by atoms with Gasteiger partial charge >= 0.3 is 0 Å². The van der Waals surface area contributed by atoms with Crippen molar-refractivity contribution >= 4 is 12.4 Å². The third-order valence-electron chi connectivity index (χ3n) is 3.33. The molecule has 0 unspecified atom stereocenters. The van der Waals surface area contributed by atoms with Gasteiger partial charge in [-0.2, -0.15) is 0 Å². The summed E-state index contributed by atoms with van der Waals surface area (Å²) in [6.07, 6.45) is 0. The van der Waals surface area contributed by atoms with Crippen LogP contribution in [0.25, 0.3) is 0 Å². The van der Waals surface area contributed by atoms with Crippen LogP contribution in [0.5, 0.6) is 11.5 Å². The van der Waals surface area contributed by atoms with Crippen molar-refractivity contribution in [2.45, 2.75) is 19.5 Å². The normalized spacial score (nSPS) is 19.6. The van der Waals surface area contributed by atoms with Crippen molar-refractivity contribution in [3.8, 4) is 11.5 Å². The van der Waals surface area contributed by atoms with Crippen LogP contribution in [0, 0.1) is 0 Å². The second-order valence-electron chi connectivity index (χ2n) is 4.77. The van der Waals surface area contributed by atoms with Crippen molar-refractivity contribution in [2.75, 3.05) is 33.9 Å². The van der Waals surface area contributed by atoms with E-state index in [1.165, 1.54) is 5.56 Å². The molecular weight excluding hydrogens is 264 g/mol. The molecular formula is C14H23ClN2O2. The molecule has 1 heterocycles. The molecule has 5 heteroatoms. The van der Waals surface area contributed by atoms with Gasteiger partial charge in [0.25, 0.3) is 0 Å². The van der Waals surface area contributed by atoms with Gasteiger partial charge in [-0.1, -0.05) is 0 Å². The number of ether oxygens (including phenoxy) is 2. The molecule has 1 aromatic rings. The van der Waals surface area contributed by atoms with Crippen LogP contribution in [0.15, 0.2) is 18.2 Å². The Morgan fingerprint density at radius 3 is 2.74 bits per heavy atom. The van der Waals surface area contributed by atoms with Gasteiger partial charge in [0, 0.05) is 37.8 Å². The third-order valence-corrected chi connectivity index (χ3v) is 3.33. The van der Waals surface area contributed by atoms with Gasteiger partial charge < -0.3 is 14.8 Å². The van der Waals surface area contributed by atoms with Crippen molar-refractivity contribution in [1.29, 1.82) is 0 Å². The Balaban J connectivity index is 0.00000180. The van der Waals surface area contributed by atoms with Crippen LogP contribution in [0.1, 0.15) is 12.5 Å². The lowest BCUT2D eigenvalue weighted by Crippen LogP contribution is -2.48. The summed E-state index contributed by atoms with van der Waals surface area (Å²) in [6, 6.07) is 6.52. The van der Waals surface area contributed by atoms with Crippen molar-refractivity contribution in [1.82, 2.24) is 10.2 Å². The topological polar surface area (TPSA) is 33.7 Å². The molecule has 0 amide bonds. The minimum Gasteiger partial charge on any atom is -0.497 e. The van der Waals surface area contributed by atoms with E-state index in [4.69, 9.17) is 9.47 Å². The summed E-state index contributed by atoms with van der Waals surface area (Å²) in [5.74, 6) is 1.82. The zero-order chi connectivity index (χ0) is 13.0. The molecule has 0 aromatic heterocycles. The van der Waals surface area contributed by atoms with Gasteiger partial charge in [0.2, 0.25) is 0 Å². The van der Waals surface area contributed by atoms with Crippen LogP contribution in [0.4, 0.5) is 0 Å². The SMILES string of the molecule is COc1ccc(OC)c(CN2CCN[C@H](C)C2)c1.Cl. The van der Waals surface area contributed by atoms with Gasteiger partial charge in [0.15, 0.2) is 0 Å². The summed E-state index contributed by atoms with van der Waals surface area (Å²) in [7, 11) is 3.41. The molecule has 1 atom stereocenters. The van der Waals surface area contributed by atoms with Gasteiger partial charge in [-0.15, -0.1) is 12.4 Å². The maximum atomic E-state index is 5.42. The quantitative estimate of drug-likeness (QED) is 0.917. The van der Waals surface area contributed by atoms with Gasteiger partial charge in [-0.25, -0.2) is 0 Å². The molecule has 0 aliphatic carbocycles. The highest BCUT2D eigenvalue weighted by atomic mass is 35.5. The van der Waals surface area contributed by atoms with E-state index >= 15 is 0 Å². The highest BCUT2D eigenvalue weighted by molar-refractivity contribution is 5.85. The first kappa shape index (κ1) is 16.1. The zero-order valence-corrected chi connectivity index (χ0v) is 12.6. The van der Waals surface area contributed by atoms with Crippen molar-refractivity contribution < 1.29 is 9.47 Å². The Labute approximate surface area is 121 Å². The van der Waals surface area contributed by atoms with Crippen LogP contribution in [0.3, 0.4) is 0 Å². The molecule has 0 radical (unpaired) electrons. The molecule has 19 heavy (non-hydrogen) atoms. The first-order valence-corrected chi connectivity index (χ1v) is 6.39. The van der Waals surface area contributed by atoms with E-state index in [2.05, 4.69) is 23.2 Å². The van der Waals surface area contributed by atoms with E-state index in [-0.39, 0.29) is 12.4 Å². The smallest absolute Gasteiger partial charge is 0.123 e. The number of nitrogens with zero attached hydrogens (tertiary/aromatic N) is 1. The van der Waals surface area contributed by atoms with Crippen LogP contribution in [-0.4, -0.2) is 44.8 Å². The van der Waals surface area contributed by atoms with Crippen molar-refractivity contribution in [2.24, 2.45) is 0 Å². The lowest BCUT2D eigenvalue weighted by atomic mass is 10.1. The van der Waals surface area contributed by atoms with E-state index < -0.39 is 0 Å². The average molecular weight is 287 g/mol. The monoisotopic (exact) mass is 286 g/mol. The lowest BCUT2D eigenvalue weighted by Gasteiger charge is -2.32. The van der Waals surface area contributed by atoms with Gasteiger partial charge in [0.1, 0.15) is 11.5 Å². The predicted octanol–water partition coefficient (Wildman–Crippen LogP) is 1.92. The van der Waals surface area contributed by atoms with Crippen molar-refractivity contribution in [3.63, 3.8) is 0 Å². The summed E-state index contributed by atoms with van der Waals surface area (Å²) >= 11 is 0. The zero-order valence-electron chi connectivity index (χ0n) is 11.8. The van der Waals surface area contributed by atoms with Gasteiger partial charge in [-0.05, 0) is 25.1 Å². The summed E-state index contributed by atoms with van der Waals surface area (Å²) < 4.78 is 10.7. The number of halogens is 1. The Morgan fingerprint density at radius 2 is 2.11 bits per heavy atom. The van der Waals surface area contributed by atoms with Gasteiger partial charge in [0.05, 0.1) is 14.2 Å². The van der Waals surface area contributed by atoms with Crippen LogP contribution in [0.2, 0.25) is 0 Å². The average Bonchev–Trinajstić information content (AvgIpc) is 2.38. The number of rotatable bonds is 4. The Kier molecular flexibility index (Phi) is 6.42. The molecule has 0 saturated carbocycles. The minimum atomic E-state index is 0. The fraction of sp³-hybridized carbons (Fsp3) is 0.571. The first-order chi connectivity index (χ1) is 8.72. The van der Waals surface area contributed by atoms with Crippen molar-refractivity contribution in [3.05, 3.63) is 23.8 Å². The highest BCUT2D eigenvalue weighted by Gasteiger charge is 2.17. The van der Waals surface area contributed by atoms with E-state index in [0.29, 0.717) is 6.04 Å². The molecule has 1 fully saturated rings. The number of hydrogen-bond acceptors (Lipinski definition) is 4. The maximum absolute atomic E-state index is 5.42. The van der Waals surface area contributed by atoms with Gasteiger partial charge in [-0.3, -0.25) is 4.90 Å². The van der Waals surface area contributed by atoms with E-state index in [1.54, 1.807) is 14.2 Å². The molecule has 1 aliphatic rings. The third kappa shape index (κ3) is 4.27. The summed E-state index contributed by atoms with van der Waals surface area (Å²) in [5, 5.41) is 3.45. The largest absolute Gasteiger partial charge is 0.497 e. The predicted molar refractivity (Wildman–Crippen MR) is 79.5 cm³/mol. The molecule has 108 valence electrons. The van der Waals surface area contributed by atoms with E-state index in [1.807, 2.05) is 12.1 Å². The maximum Gasteiger partial charge on any atom is 0.123 e. The lowest BCUT2D eigenvalue weighted by molar-refractivity contribution is 0.197. The molecule has 4 nitrogen and oxygen atoms in total. The molecule has 1 aliphatic heterocycles. The second-order valence-corrected chi connectivity index (χ2v) is 4.77. The molecule has 0 bridgehead atoms. The molecule has 1 N–H and O–H groups in total. The highest BCUT2D eigenvalue weighted by Crippen LogP contribution is 2.25. The van der Waals surface area contributed by atoms with E-state index in [9.17, 15) is 0 Å². The number of piperazine rings is 1. The van der Waals surface area contributed by atoms with Crippen LogP contribution < -0.4 is 14.8 Å². The summed E-state index contributed by atoms with van der Waals surface area (Å²) in [6.45, 7) is 6.32.